The predicted octanol–water partition coefficient (Wildman–Crippen LogP) is 8.04. The summed E-state index contributed by atoms with van der Waals surface area (Å²) < 4.78 is 0. The Morgan fingerprint density at radius 2 is 1.10 bits per heavy atom. The molecule has 4 aromatic carbocycles. The van der Waals surface area contributed by atoms with Crippen molar-refractivity contribution in [2.75, 3.05) is 41.3 Å². The summed E-state index contributed by atoms with van der Waals surface area (Å²) >= 11 is 0. The van der Waals surface area contributed by atoms with Crippen LogP contribution >= 0.6 is 0 Å². The first-order valence-electron chi connectivity index (χ1n) is 17.3. The van der Waals surface area contributed by atoms with Gasteiger partial charge >= 0.3 is 0 Å². The Kier molecular flexibility index (Phi) is 14.1. The number of likely N-dealkylation sites (N-methyl/N-ethyl adjacent to an activating group) is 2. The molecule has 0 spiro atoms. The molecule has 0 bridgehead atoms. The fraction of sp³-hybridized carbons (Fsp3) is 0.273. The predicted molar refractivity (Wildman–Crippen MR) is 215 cm³/mol. The van der Waals surface area contributed by atoms with Gasteiger partial charge in [-0.05, 0) is 105 Å². The molecule has 8 heteroatoms. The molecule has 2 heterocycles. The van der Waals surface area contributed by atoms with Crippen molar-refractivity contribution in [1.82, 2.24) is 30.4 Å². The summed E-state index contributed by atoms with van der Waals surface area (Å²) in [7, 11) is 8.06. The number of rotatable bonds is 11. The van der Waals surface area contributed by atoms with E-state index in [4.69, 9.17) is 0 Å². The Labute approximate surface area is 308 Å². The lowest BCUT2D eigenvalue weighted by molar-refractivity contribution is 0.0921. The van der Waals surface area contributed by atoms with Gasteiger partial charge in [0.25, 0.3) is 11.8 Å². The van der Waals surface area contributed by atoms with E-state index in [1.165, 1.54) is 11.1 Å². The van der Waals surface area contributed by atoms with E-state index in [-0.39, 0.29) is 31.3 Å². The third-order valence-corrected chi connectivity index (χ3v) is 8.72. The zero-order valence-corrected chi connectivity index (χ0v) is 30.4. The number of hydrogen-bond acceptors (Lipinski definition) is 6. The van der Waals surface area contributed by atoms with Crippen LogP contribution in [0.5, 0.6) is 0 Å². The van der Waals surface area contributed by atoms with Gasteiger partial charge in [0.05, 0.1) is 12.1 Å². The van der Waals surface area contributed by atoms with Crippen molar-refractivity contribution in [1.29, 1.82) is 0 Å². The Morgan fingerprint density at radius 3 is 1.56 bits per heavy atom. The molecule has 270 valence electrons. The third kappa shape index (κ3) is 10.8. The van der Waals surface area contributed by atoms with Crippen molar-refractivity contribution in [2.24, 2.45) is 0 Å². The molecule has 0 radical (unpaired) electrons. The minimum atomic E-state index is -0.0629. The van der Waals surface area contributed by atoms with Gasteiger partial charge in [-0.25, -0.2) is 0 Å². The SMILES string of the molecule is C.CCc1cccc([C@@H](CN(C)C)NC(=O)c2ccc3cnccc3c2)c1.Cc1cccc([C@@H](CN(C)C)NC(=O)c2ccc3cnccc3c2)c1. The van der Waals surface area contributed by atoms with Crippen LogP contribution in [-0.2, 0) is 6.42 Å². The van der Waals surface area contributed by atoms with Crippen LogP contribution in [0.2, 0.25) is 0 Å². The number of aromatic nitrogens is 2. The highest BCUT2D eigenvalue weighted by Crippen LogP contribution is 2.21. The molecule has 0 saturated carbocycles. The lowest BCUT2D eigenvalue weighted by Crippen LogP contribution is -2.35. The molecule has 2 atom stereocenters. The minimum Gasteiger partial charge on any atom is -0.344 e. The highest BCUT2D eigenvalue weighted by molar-refractivity contribution is 5.99. The molecule has 0 unspecified atom stereocenters. The van der Waals surface area contributed by atoms with Crippen LogP contribution in [0.3, 0.4) is 0 Å². The van der Waals surface area contributed by atoms with Crippen LogP contribution in [0.4, 0.5) is 0 Å². The van der Waals surface area contributed by atoms with Gasteiger partial charge in [-0.15, -0.1) is 0 Å². The summed E-state index contributed by atoms with van der Waals surface area (Å²) in [5.74, 6) is -0.121. The number of hydrogen-bond donors (Lipinski definition) is 2. The normalized spacial score (nSPS) is 12.1. The lowest BCUT2D eigenvalue weighted by Gasteiger charge is -2.23. The molecular formula is C44H52N6O2. The highest BCUT2D eigenvalue weighted by atomic mass is 16.2. The van der Waals surface area contributed by atoms with Gasteiger partial charge in [0.1, 0.15) is 0 Å². The maximum absolute atomic E-state index is 12.9. The number of carbonyl (C=O) groups is 2. The fourth-order valence-electron chi connectivity index (χ4n) is 6.05. The summed E-state index contributed by atoms with van der Waals surface area (Å²) in [6, 6.07) is 31.9. The zero-order valence-electron chi connectivity index (χ0n) is 30.4. The third-order valence-electron chi connectivity index (χ3n) is 8.72. The number of pyridine rings is 2. The second-order valence-corrected chi connectivity index (χ2v) is 13.5. The van der Waals surface area contributed by atoms with Crippen LogP contribution in [0, 0.1) is 6.92 Å². The summed E-state index contributed by atoms with van der Waals surface area (Å²) in [6.07, 6.45) is 8.08. The first kappa shape index (κ1) is 39.3. The van der Waals surface area contributed by atoms with E-state index in [1.54, 1.807) is 18.6 Å². The van der Waals surface area contributed by atoms with Crippen molar-refractivity contribution < 1.29 is 9.59 Å². The smallest absolute Gasteiger partial charge is 0.251 e. The number of benzene rings is 4. The number of fused-ring (bicyclic) bond motifs is 2. The standard InChI is InChI=1S/C22H25N3O.C21H23N3O.CH4/c1-4-16-6-5-7-18(12-16)21(15-25(2)3)24-22(26)19-8-9-20-14-23-11-10-17(20)13-19;1-15-5-4-6-17(11-15)20(14-24(2)3)23-21(25)18-7-8-19-13-22-10-9-16(19)12-18;/h5-14,21H,4,15H2,1-3H3,(H,24,26);4-13,20H,14H2,1-3H3,(H,23,25);1H4/t21-;20-;/m11./s1. The van der Waals surface area contributed by atoms with E-state index in [0.717, 1.165) is 52.2 Å². The maximum Gasteiger partial charge on any atom is 0.251 e. The Balaban J connectivity index is 0.000000228. The first-order chi connectivity index (χ1) is 24.6. The van der Waals surface area contributed by atoms with E-state index in [0.29, 0.717) is 11.1 Å². The molecule has 0 aliphatic rings. The Hall–Kier alpha value is -5.44. The Bertz CT molecular complexity index is 2090. The number of aryl methyl sites for hydroxylation is 2. The topological polar surface area (TPSA) is 90.5 Å². The van der Waals surface area contributed by atoms with E-state index < -0.39 is 0 Å². The monoisotopic (exact) mass is 696 g/mol. The molecule has 0 fully saturated rings. The molecule has 52 heavy (non-hydrogen) atoms. The van der Waals surface area contributed by atoms with Gasteiger partial charge < -0.3 is 20.4 Å². The summed E-state index contributed by atoms with van der Waals surface area (Å²) in [4.78, 5) is 38.1. The average Bonchev–Trinajstić information content (AvgIpc) is 3.13. The second-order valence-electron chi connectivity index (χ2n) is 13.5. The van der Waals surface area contributed by atoms with Gasteiger partial charge in [-0.3, -0.25) is 19.6 Å². The average molecular weight is 697 g/mol. The Morgan fingerprint density at radius 1 is 0.615 bits per heavy atom. The van der Waals surface area contributed by atoms with Gasteiger partial charge in [0.2, 0.25) is 0 Å². The van der Waals surface area contributed by atoms with E-state index in [2.05, 4.69) is 86.7 Å². The molecule has 0 aliphatic carbocycles. The number of nitrogens with zero attached hydrogens (tertiary/aromatic N) is 4. The molecule has 0 aliphatic heterocycles. The molecule has 0 saturated heterocycles. The highest BCUT2D eigenvalue weighted by Gasteiger charge is 2.19. The van der Waals surface area contributed by atoms with Crippen molar-refractivity contribution >= 4 is 33.4 Å². The van der Waals surface area contributed by atoms with Crippen LogP contribution < -0.4 is 10.6 Å². The first-order valence-corrected chi connectivity index (χ1v) is 17.3. The van der Waals surface area contributed by atoms with Gasteiger partial charge in [-0.2, -0.15) is 0 Å². The van der Waals surface area contributed by atoms with Crippen molar-refractivity contribution in [3.05, 3.63) is 155 Å². The fourth-order valence-corrected chi connectivity index (χ4v) is 6.05. The largest absolute Gasteiger partial charge is 0.344 e. The molecule has 6 aromatic rings. The number of amides is 2. The van der Waals surface area contributed by atoms with Crippen molar-refractivity contribution in [3.8, 4) is 0 Å². The summed E-state index contributed by atoms with van der Waals surface area (Å²) in [5.41, 5.74) is 6.05. The lowest BCUT2D eigenvalue weighted by atomic mass is 10.0. The van der Waals surface area contributed by atoms with E-state index >= 15 is 0 Å². The van der Waals surface area contributed by atoms with Crippen LogP contribution in [0.1, 0.15) is 69.4 Å². The molecule has 2 N–H and O–H groups in total. The number of nitrogens with one attached hydrogen (secondary N) is 2. The van der Waals surface area contributed by atoms with Gasteiger partial charge in [0.15, 0.2) is 0 Å². The van der Waals surface area contributed by atoms with Gasteiger partial charge in [-0.1, -0.05) is 80.6 Å². The zero-order chi connectivity index (χ0) is 36.3. The minimum absolute atomic E-state index is 0. The van der Waals surface area contributed by atoms with Crippen molar-refractivity contribution in [2.45, 2.75) is 39.8 Å². The number of carbonyl (C=O) groups excluding carboxylic acids is 2. The van der Waals surface area contributed by atoms with E-state index in [1.807, 2.05) is 89.0 Å². The van der Waals surface area contributed by atoms with Crippen LogP contribution in [0.15, 0.2) is 122 Å². The second kappa shape index (κ2) is 18.7. The van der Waals surface area contributed by atoms with Crippen LogP contribution in [0.25, 0.3) is 21.5 Å². The summed E-state index contributed by atoms with van der Waals surface area (Å²) in [6.45, 7) is 5.70. The van der Waals surface area contributed by atoms with Crippen molar-refractivity contribution in [3.63, 3.8) is 0 Å². The molecule has 2 aromatic heterocycles. The molecule has 2 amide bonds. The quantitative estimate of drug-likeness (QED) is 0.143. The maximum atomic E-state index is 12.9. The van der Waals surface area contributed by atoms with E-state index in [9.17, 15) is 9.59 Å². The molecular weight excluding hydrogens is 645 g/mol. The summed E-state index contributed by atoms with van der Waals surface area (Å²) in [5, 5.41) is 10.5. The van der Waals surface area contributed by atoms with Crippen LogP contribution in [-0.4, -0.2) is 72.9 Å². The van der Waals surface area contributed by atoms with Gasteiger partial charge in [0, 0.05) is 59.8 Å². The molecule has 6 rings (SSSR count). The molecule has 8 nitrogen and oxygen atoms in total.